The summed E-state index contributed by atoms with van der Waals surface area (Å²) in [6.07, 6.45) is 0.639. The molecule has 0 amide bonds. The highest BCUT2D eigenvalue weighted by Crippen LogP contribution is 2.58. The van der Waals surface area contributed by atoms with Gasteiger partial charge in [-0.3, -0.25) is 4.79 Å². The fourth-order valence-electron chi connectivity index (χ4n) is 4.90. The molecule has 0 aromatic heterocycles. The lowest BCUT2D eigenvalue weighted by molar-refractivity contribution is -0.140. The summed E-state index contributed by atoms with van der Waals surface area (Å²) < 4.78 is 30.0. The van der Waals surface area contributed by atoms with Gasteiger partial charge in [0, 0.05) is 10.4 Å². The molecule has 3 aromatic carbocycles. The molecule has 3 atom stereocenters. The van der Waals surface area contributed by atoms with Gasteiger partial charge < -0.3 is 5.11 Å². The van der Waals surface area contributed by atoms with Crippen LogP contribution in [0, 0.1) is 5.92 Å². The van der Waals surface area contributed by atoms with Gasteiger partial charge in [0.2, 0.25) is 10.0 Å². The van der Waals surface area contributed by atoms with Crippen molar-refractivity contribution < 1.29 is 18.3 Å². The molecule has 0 aliphatic heterocycles. The molecule has 2 N–H and O–H groups in total. The van der Waals surface area contributed by atoms with E-state index in [0.717, 1.165) is 32.3 Å². The van der Waals surface area contributed by atoms with E-state index in [2.05, 4.69) is 20.7 Å². The number of hydrogen-bond acceptors (Lipinski definition) is 3. The maximum Gasteiger partial charge on any atom is 0.325 e. The average molecular weight is 498 g/mol. The number of sulfonamides is 1. The standard InChI is InChI=1S/C24H20BrNO4S/c1-14-22(15-5-3-2-4-6-15)24(14,23(27)28)26-31(29,30)19-8-10-21-17(13-19)11-16-12-18(25)7-9-20(16)21/h2-10,12-14,22,26H,11H2,1H3,(H,27,28)/t14?,22-,24-/m0/s1. The van der Waals surface area contributed by atoms with E-state index in [-0.39, 0.29) is 10.8 Å². The number of halogens is 1. The van der Waals surface area contributed by atoms with Crippen LogP contribution in [0.5, 0.6) is 0 Å². The fraction of sp³-hybridized carbons (Fsp3) is 0.208. The molecular formula is C24H20BrNO4S. The number of benzene rings is 3. The first kappa shape index (κ1) is 20.4. The molecule has 0 heterocycles. The van der Waals surface area contributed by atoms with E-state index >= 15 is 0 Å². The number of aliphatic carboxylic acids is 1. The number of carboxylic acid groups (broad SMARTS) is 1. The van der Waals surface area contributed by atoms with E-state index in [1.807, 2.05) is 54.6 Å². The predicted octanol–water partition coefficient (Wildman–Crippen LogP) is 4.56. The van der Waals surface area contributed by atoms with Crippen LogP contribution < -0.4 is 4.72 Å². The van der Waals surface area contributed by atoms with Gasteiger partial charge in [0.25, 0.3) is 0 Å². The van der Waals surface area contributed by atoms with Crippen LogP contribution in [0.15, 0.2) is 76.1 Å². The quantitative estimate of drug-likeness (QED) is 0.423. The van der Waals surface area contributed by atoms with Gasteiger partial charge in [-0.15, -0.1) is 0 Å². The van der Waals surface area contributed by atoms with Gasteiger partial charge in [-0.1, -0.05) is 65.3 Å². The second-order valence-corrected chi connectivity index (χ2v) is 10.9. The molecule has 1 fully saturated rings. The van der Waals surface area contributed by atoms with Crippen LogP contribution in [0.3, 0.4) is 0 Å². The zero-order chi connectivity index (χ0) is 22.0. The first-order chi connectivity index (χ1) is 14.7. The van der Waals surface area contributed by atoms with Crippen LogP contribution in [-0.2, 0) is 21.2 Å². The summed E-state index contributed by atoms with van der Waals surface area (Å²) in [6, 6.07) is 20.2. The van der Waals surface area contributed by atoms with Gasteiger partial charge in [-0.2, -0.15) is 4.72 Å². The lowest BCUT2D eigenvalue weighted by Gasteiger charge is -2.16. The Balaban J connectivity index is 1.48. The Bertz CT molecular complexity index is 1320. The summed E-state index contributed by atoms with van der Waals surface area (Å²) in [6.45, 7) is 1.77. The number of hydrogen-bond donors (Lipinski definition) is 2. The molecule has 2 aliphatic rings. The highest BCUT2D eigenvalue weighted by molar-refractivity contribution is 9.10. The minimum absolute atomic E-state index is 0.0876. The van der Waals surface area contributed by atoms with E-state index in [4.69, 9.17) is 0 Å². The first-order valence-electron chi connectivity index (χ1n) is 9.98. The van der Waals surface area contributed by atoms with Gasteiger partial charge >= 0.3 is 5.97 Å². The number of fused-ring (bicyclic) bond motifs is 3. The van der Waals surface area contributed by atoms with Gasteiger partial charge in [0.15, 0.2) is 0 Å². The topological polar surface area (TPSA) is 83.5 Å². The van der Waals surface area contributed by atoms with Crippen molar-refractivity contribution >= 4 is 31.9 Å². The normalized spacial score (nSPS) is 23.8. The van der Waals surface area contributed by atoms with Crippen LogP contribution in [0.1, 0.15) is 29.5 Å². The molecule has 2 aliphatic carbocycles. The Kier molecular flexibility index (Phi) is 4.62. The van der Waals surface area contributed by atoms with Gasteiger partial charge in [-0.05, 0) is 64.4 Å². The monoisotopic (exact) mass is 497 g/mol. The molecule has 0 spiro atoms. The van der Waals surface area contributed by atoms with E-state index in [0.29, 0.717) is 6.42 Å². The van der Waals surface area contributed by atoms with E-state index in [9.17, 15) is 18.3 Å². The number of carbonyl (C=O) groups is 1. The third-order valence-corrected chi connectivity index (χ3v) is 8.52. The third kappa shape index (κ3) is 3.14. The number of rotatable bonds is 5. The van der Waals surface area contributed by atoms with Crippen molar-refractivity contribution in [3.8, 4) is 11.1 Å². The Labute approximate surface area is 189 Å². The number of nitrogens with one attached hydrogen (secondary N) is 1. The smallest absolute Gasteiger partial charge is 0.325 e. The van der Waals surface area contributed by atoms with Crippen LogP contribution >= 0.6 is 15.9 Å². The fourth-order valence-corrected chi connectivity index (χ4v) is 6.82. The zero-order valence-electron chi connectivity index (χ0n) is 16.7. The first-order valence-corrected chi connectivity index (χ1v) is 12.3. The van der Waals surface area contributed by atoms with E-state index in [1.54, 1.807) is 19.1 Å². The Morgan fingerprint density at radius 1 is 1.03 bits per heavy atom. The molecule has 31 heavy (non-hydrogen) atoms. The van der Waals surface area contributed by atoms with Gasteiger partial charge in [-0.25, -0.2) is 8.42 Å². The Morgan fingerprint density at radius 3 is 2.35 bits per heavy atom. The summed E-state index contributed by atoms with van der Waals surface area (Å²) in [7, 11) is -4.03. The molecule has 3 aromatic rings. The van der Waals surface area contributed by atoms with Gasteiger partial charge in [0.1, 0.15) is 5.54 Å². The molecule has 5 rings (SSSR count). The van der Waals surface area contributed by atoms with Crippen molar-refractivity contribution in [3.63, 3.8) is 0 Å². The highest BCUT2D eigenvalue weighted by Gasteiger charge is 2.70. The molecule has 5 nitrogen and oxygen atoms in total. The molecule has 0 bridgehead atoms. The average Bonchev–Trinajstić information content (AvgIpc) is 3.15. The minimum Gasteiger partial charge on any atom is -0.480 e. The largest absolute Gasteiger partial charge is 0.480 e. The maximum absolute atomic E-state index is 13.3. The van der Waals surface area contributed by atoms with Crippen molar-refractivity contribution in [3.05, 3.63) is 87.9 Å². The van der Waals surface area contributed by atoms with E-state index in [1.165, 1.54) is 0 Å². The van der Waals surface area contributed by atoms with Crippen molar-refractivity contribution in [2.45, 2.75) is 29.7 Å². The van der Waals surface area contributed by atoms with Crippen molar-refractivity contribution in [2.24, 2.45) is 5.92 Å². The molecular weight excluding hydrogens is 478 g/mol. The van der Waals surface area contributed by atoms with E-state index < -0.39 is 27.4 Å². The molecule has 0 saturated heterocycles. The Hall–Kier alpha value is -2.48. The zero-order valence-corrected chi connectivity index (χ0v) is 19.1. The summed E-state index contributed by atoms with van der Waals surface area (Å²) >= 11 is 3.48. The Morgan fingerprint density at radius 2 is 1.68 bits per heavy atom. The predicted molar refractivity (Wildman–Crippen MR) is 121 cm³/mol. The lowest BCUT2D eigenvalue weighted by Crippen LogP contribution is -2.45. The van der Waals surface area contributed by atoms with Crippen LogP contribution in [-0.4, -0.2) is 25.0 Å². The maximum atomic E-state index is 13.3. The van der Waals surface area contributed by atoms with Crippen molar-refractivity contribution in [1.29, 1.82) is 0 Å². The van der Waals surface area contributed by atoms with Crippen LogP contribution in [0.4, 0.5) is 0 Å². The minimum atomic E-state index is -4.03. The SMILES string of the molecule is CC1[C@@H](c2ccccc2)[C@]1(NS(=O)(=O)c1ccc2c(c1)Cc1cc(Br)ccc1-2)C(=O)O. The summed E-state index contributed by atoms with van der Waals surface area (Å²) in [5, 5.41) is 9.98. The molecule has 158 valence electrons. The van der Waals surface area contributed by atoms with Crippen LogP contribution in [0.25, 0.3) is 11.1 Å². The highest BCUT2D eigenvalue weighted by atomic mass is 79.9. The lowest BCUT2D eigenvalue weighted by atomic mass is 10.1. The van der Waals surface area contributed by atoms with Crippen molar-refractivity contribution in [2.75, 3.05) is 0 Å². The molecule has 7 heteroatoms. The van der Waals surface area contributed by atoms with Gasteiger partial charge in [0.05, 0.1) is 4.90 Å². The second-order valence-electron chi connectivity index (χ2n) is 8.25. The summed E-state index contributed by atoms with van der Waals surface area (Å²) in [5.74, 6) is -1.94. The molecule has 1 unspecified atom stereocenters. The third-order valence-electron chi connectivity index (χ3n) is 6.54. The van der Waals surface area contributed by atoms with Crippen molar-refractivity contribution in [1.82, 2.24) is 4.72 Å². The molecule has 1 saturated carbocycles. The number of carboxylic acids is 1. The summed E-state index contributed by atoms with van der Waals surface area (Å²) in [4.78, 5) is 12.3. The molecule has 0 radical (unpaired) electrons. The second kappa shape index (κ2) is 7.02. The summed E-state index contributed by atoms with van der Waals surface area (Å²) in [5.41, 5.74) is 3.42. The van der Waals surface area contributed by atoms with Crippen LogP contribution in [0.2, 0.25) is 0 Å².